The Morgan fingerprint density at radius 2 is 1.46 bits per heavy atom. The van der Waals surface area contributed by atoms with Gasteiger partial charge in [0.2, 0.25) is 0 Å². The molecule has 0 radical (unpaired) electrons. The minimum Gasteiger partial charge on any atom is -0.510 e. The third-order valence-electron chi connectivity index (χ3n) is 8.10. The maximum Gasteiger partial charge on any atom is 3.00 e. The van der Waals surface area contributed by atoms with E-state index >= 15 is 0 Å². The molecule has 5 nitrogen and oxygen atoms in total. The summed E-state index contributed by atoms with van der Waals surface area (Å²) in [7, 11) is 2.11. The standard InChI is InChI=1S/C20H28N2.C15H10N.C5H12O2.Ir/c1-19(2)11-16(12-20(3,4)14-19)18-13-21(5)15-22(18)17-9-7-6-8-10-17;1-2-6-12(7-3-1)15-11-10-13-8-4-5-9-14(13)16-15;1-4(6)3-5(2)7;/h6-9,13,15-16H,11-12,14H2,1-5H3;1-6,8-11H;4-7H,3H2,1-2H3;/q-2;-1;;+3. The van der Waals surface area contributed by atoms with Gasteiger partial charge >= 0.3 is 20.1 Å². The number of aliphatic hydroxyl groups is 2. The number of allylic oxidation sites excluding steroid dienone is 1. The van der Waals surface area contributed by atoms with E-state index in [0.717, 1.165) is 22.5 Å². The van der Waals surface area contributed by atoms with Gasteiger partial charge < -0.3 is 20.0 Å². The maximum absolute atomic E-state index is 8.56. The van der Waals surface area contributed by atoms with Crippen LogP contribution in [-0.4, -0.2) is 39.4 Å². The second kappa shape index (κ2) is 16.7. The predicted octanol–water partition coefficient (Wildman–Crippen LogP) is 8.89. The molecule has 2 atom stereocenters. The molecule has 2 unspecified atom stereocenters. The number of nitrogens with zero attached hydrogens (tertiary/aromatic N) is 3. The Morgan fingerprint density at radius 3 is 2.02 bits per heavy atom. The number of pyridine rings is 1. The molecule has 6 rings (SSSR count). The van der Waals surface area contributed by atoms with Gasteiger partial charge in [0.1, 0.15) is 0 Å². The first kappa shape index (κ1) is 37.4. The van der Waals surface area contributed by atoms with Crippen molar-refractivity contribution < 1.29 is 30.3 Å². The van der Waals surface area contributed by atoms with Crippen molar-refractivity contribution in [2.75, 3.05) is 11.9 Å². The van der Waals surface area contributed by atoms with E-state index in [1.165, 1.54) is 30.3 Å². The van der Waals surface area contributed by atoms with Crippen molar-refractivity contribution in [3.63, 3.8) is 0 Å². The number of aromatic nitrogens is 1. The van der Waals surface area contributed by atoms with Crippen LogP contribution in [0.2, 0.25) is 0 Å². The van der Waals surface area contributed by atoms with Crippen LogP contribution in [0.4, 0.5) is 5.69 Å². The smallest absolute Gasteiger partial charge is 0.510 e. The van der Waals surface area contributed by atoms with Gasteiger partial charge in [-0.05, 0) is 86.7 Å². The number of hydrogen-bond donors (Lipinski definition) is 2. The quantitative estimate of drug-likeness (QED) is 0.198. The Labute approximate surface area is 290 Å². The first-order valence-electron chi connectivity index (χ1n) is 16.1. The van der Waals surface area contributed by atoms with E-state index in [4.69, 9.17) is 10.2 Å². The van der Waals surface area contributed by atoms with Crippen molar-refractivity contribution in [2.45, 2.75) is 79.4 Å². The van der Waals surface area contributed by atoms with Gasteiger partial charge in [0.15, 0.2) is 0 Å². The van der Waals surface area contributed by atoms with Crippen LogP contribution >= 0.6 is 0 Å². The first-order valence-corrected chi connectivity index (χ1v) is 16.1. The number of anilines is 1. The second-order valence-corrected chi connectivity index (χ2v) is 14.2. The summed E-state index contributed by atoms with van der Waals surface area (Å²) in [6.07, 6.45) is 5.84. The van der Waals surface area contributed by atoms with Crippen molar-refractivity contribution in [1.82, 2.24) is 9.88 Å². The van der Waals surface area contributed by atoms with Gasteiger partial charge in [0.05, 0.1) is 17.7 Å². The van der Waals surface area contributed by atoms with Crippen molar-refractivity contribution in [3.05, 3.63) is 116 Å². The third-order valence-corrected chi connectivity index (χ3v) is 8.10. The average Bonchev–Trinajstić information content (AvgIpc) is 3.38. The van der Waals surface area contributed by atoms with Crippen molar-refractivity contribution in [1.29, 1.82) is 0 Å². The number of benzene rings is 3. The van der Waals surface area contributed by atoms with E-state index in [2.05, 4.69) is 98.8 Å². The van der Waals surface area contributed by atoms with Crippen LogP contribution in [0.25, 0.3) is 22.2 Å². The van der Waals surface area contributed by atoms with Crippen molar-refractivity contribution >= 4 is 16.6 Å². The summed E-state index contributed by atoms with van der Waals surface area (Å²) >= 11 is 0. The summed E-state index contributed by atoms with van der Waals surface area (Å²) in [5.41, 5.74) is 6.40. The van der Waals surface area contributed by atoms with Gasteiger partial charge in [-0.1, -0.05) is 58.0 Å². The fourth-order valence-electron chi connectivity index (χ4n) is 6.91. The molecule has 0 bridgehead atoms. The summed E-state index contributed by atoms with van der Waals surface area (Å²) in [6.45, 7) is 15.2. The largest absolute Gasteiger partial charge is 3.00 e. The molecule has 1 aromatic heterocycles. The summed E-state index contributed by atoms with van der Waals surface area (Å²) in [5.74, 6) is 0.605. The third kappa shape index (κ3) is 11.1. The number of rotatable bonds is 5. The van der Waals surface area contributed by atoms with Crippen LogP contribution in [0.15, 0.2) is 96.8 Å². The molecular formula is C40H50IrN3O2. The molecule has 1 aliphatic carbocycles. The zero-order chi connectivity index (χ0) is 32.6. The zero-order valence-corrected chi connectivity index (χ0v) is 30.8. The number of hydrogen-bond acceptors (Lipinski definition) is 5. The van der Waals surface area contributed by atoms with Crippen LogP contribution in [-0.2, 0) is 20.1 Å². The fourth-order valence-corrected chi connectivity index (χ4v) is 6.91. The Morgan fingerprint density at radius 1 is 0.848 bits per heavy atom. The van der Waals surface area contributed by atoms with Crippen molar-refractivity contribution in [2.24, 2.45) is 16.7 Å². The van der Waals surface area contributed by atoms with Gasteiger partial charge in [0, 0.05) is 5.70 Å². The maximum atomic E-state index is 8.56. The molecule has 0 saturated heterocycles. The predicted molar refractivity (Wildman–Crippen MR) is 187 cm³/mol. The summed E-state index contributed by atoms with van der Waals surface area (Å²) < 4.78 is 0. The summed E-state index contributed by atoms with van der Waals surface area (Å²) in [4.78, 5) is 9.11. The van der Waals surface area contributed by atoms with Gasteiger partial charge in [-0.15, -0.1) is 41.6 Å². The molecule has 0 amide bonds. The number of para-hydroxylation sites is 2. The summed E-state index contributed by atoms with van der Waals surface area (Å²) in [6, 6.07) is 35.0. The van der Waals surface area contributed by atoms with E-state index in [0.29, 0.717) is 23.2 Å². The molecule has 2 aliphatic rings. The van der Waals surface area contributed by atoms with Crippen LogP contribution in [0, 0.1) is 35.5 Å². The molecule has 0 spiro atoms. The zero-order valence-electron chi connectivity index (χ0n) is 28.4. The van der Waals surface area contributed by atoms with Crippen LogP contribution in [0.1, 0.15) is 67.2 Å². The average molecular weight is 797 g/mol. The number of fused-ring (bicyclic) bond motifs is 1. The van der Waals surface area contributed by atoms with Gasteiger partial charge in [-0.25, -0.2) is 0 Å². The SMILES string of the molecule is CC(O)CC(C)O.CN1C=C(C2CC(C)(C)CC(C)(C)C2)N(c2[c-]cccc2)[CH-]1.[Ir+3].[c-]1ccccc1-c1ccc2ccccc2n1. The van der Waals surface area contributed by atoms with E-state index in [1.807, 2.05) is 60.7 Å². The molecule has 4 aromatic rings. The molecule has 2 N–H and O–H groups in total. The van der Waals surface area contributed by atoms with Crippen LogP contribution in [0.3, 0.4) is 0 Å². The van der Waals surface area contributed by atoms with Gasteiger partial charge in [-0.2, -0.15) is 37.0 Å². The van der Waals surface area contributed by atoms with E-state index in [-0.39, 0.29) is 32.3 Å². The minimum absolute atomic E-state index is 0. The molecule has 1 aliphatic heterocycles. The Bertz CT molecular complexity index is 1500. The minimum atomic E-state index is -0.375. The summed E-state index contributed by atoms with van der Waals surface area (Å²) in [5, 5.41) is 18.3. The topological polar surface area (TPSA) is 59.8 Å². The van der Waals surface area contributed by atoms with E-state index in [1.54, 1.807) is 13.8 Å². The fraction of sp³-hybridized carbons (Fsp3) is 0.400. The monoisotopic (exact) mass is 797 g/mol. The molecule has 1 saturated carbocycles. The molecule has 46 heavy (non-hydrogen) atoms. The van der Waals surface area contributed by atoms with Crippen molar-refractivity contribution in [3.8, 4) is 11.3 Å². The second-order valence-electron chi connectivity index (χ2n) is 14.2. The Kier molecular flexibility index (Phi) is 13.6. The molecule has 2 heterocycles. The molecule has 6 heteroatoms. The van der Waals surface area contributed by atoms with Crippen LogP contribution in [0.5, 0.6) is 0 Å². The number of aliphatic hydroxyl groups excluding tert-OH is 2. The Hall–Kier alpha value is -3.02. The normalized spacial score (nSPS) is 18.2. The van der Waals surface area contributed by atoms with Crippen LogP contribution < -0.4 is 4.90 Å². The first-order chi connectivity index (χ1) is 21.3. The Balaban J connectivity index is 0.000000210. The molecule has 1 fully saturated rings. The van der Waals surface area contributed by atoms with E-state index in [9.17, 15) is 0 Å². The van der Waals surface area contributed by atoms with E-state index < -0.39 is 0 Å². The molecule has 3 aromatic carbocycles. The molecule has 246 valence electrons. The van der Waals surface area contributed by atoms with Gasteiger partial charge in [-0.3, -0.25) is 4.98 Å². The van der Waals surface area contributed by atoms with Gasteiger partial charge in [0.25, 0.3) is 0 Å². The molecular weight excluding hydrogens is 747 g/mol.